The van der Waals surface area contributed by atoms with E-state index in [1.54, 1.807) is 73.8 Å². The van der Waals surface area contributed by atoms with Crippen molar-refractivity contribution in [1.82, 2.24) is 14.9 Å². The second-order valence-corrected chi connectivity index (χ2v) is 10.4. The molecule has 1 atom stereocenters. The molecule has 0 saturated heterocycles. The van der Waals surface area contributed by atoms with E-state index >= 15 is 0 Å². The minimum Gasteiger partial charge on any atom is -0.497 e. The van der Waals surface area contributed by atoms with Gasteiger partial charge in [-0.25, -0.2) is 14.4 Å². The molecule has 206 valence electrons. The molecule has 2 amide bonds. The van der Waals surface area contributed by atoms with Gasteiger partial charge in [-0.15, -0.1) is 0 Å². The van der Waals surface area contributed by atoms with Crippen molar-refractivity contribution in [1.29, 1.82) is 0 Å². The second kappa shape index (κ2) is 13.4. The van der Waals surface area contributed by atoms with E-state index < -0.39 is 17.8 Å². The van der Waals surface area contributed by atoms with Crippen LogP contribution in [-0.4, -0.2) is 39.5 Å². The number of amides is 2. The molecule has 0 saturated carbocycles. The lowest BCUT2D eigenvalue weighted by atomic mass is 10.0. The molecule has 4 aromatic rings. The number of carbonyl (C=O) groups is 2. The number of aryl methyl sites for hydroxylation is 2. The number of aromatic nitrogens is 2. The number of anilines is 1. The Labute approximate surface area is 241 Å². The number of methoxy groups -OCH3 is 1. The smallest absolute Gasteiger partial charge is 0.251 e. The summed E-state index contributed by atoms with van der Waals surface area (Å²) >= 11 is 7.29. The molecule has 4 rings (SSSR count). The van der Waals surface area contributed by atoms with Gasteiger partial charge in [-0.3, -0.25) is 9.59 Å². The van der Waals surface area contributed by atoms with Crippen molar-refractivity contribution >= 4 is 40.9 Å². The lowest BCUT2D eigenvalue weighted by Crippen LogP contribution is -2.42. The van der Waals surface area contributed by atoms with E-state index in [1.807, 2.05) is 19.9 Å². The molecule has 0 spiro atoms. The van der Waals surface area contributed by atoms with Crippen LogP contribution in [0.2, 0.25) is 5.02 Å². The fraction of sp³-hybridized carbons (Fsp3) is 0.200. The molecule has 1 aromatic heterocycles. The Morgan fingerprint density at radius 3 is 2.27 bits per heavy atom. The third kappa shape index (κ3) is 7.58. The number of nitrogens with one attached hydrogen (secondary N) is 1. The number of halogens is 2. The summed E-state index contributed by atoms with van der Waals surface area (Å²) in [4.78, 5) is 37.8. The topological polar surface area (TPSA) is 84.4 Å². The van der Waals surface area contributed by atoms with E-state index in [-0.39, 0.29) is 23.8 Å². The molecule has 0 fully saturated rings. The van der Waals surface area contributed by atoms with Crippen LogP contribution in [0.5, 0.6) is 5.75 Å². The van der Waals surface area contributed by atoms with Gasteiger partial charge in [-0.05, 0) is 67.9 Å². The number of benzene rings is 3. The van der Waals surface area contributed by atoms with Gasteiger partial charge in [0.1, 0.15) is 17.6 Å². The van der Waals surface area contributed by atoms with Crippen molar-refractivity contribution in [3.8, 4) is 5.75 Å². The molecule has 0 unspecified atom stereocenters. The van der Waals surface area contributed by atoms with Crippen LogP contribution in [0.4, 0.5) is 10.1 Å². The summed E-state index contributed by atoms with van der Waals surface area (Å²) in [5.74, 6) is -0.757. The number of hydrogen-bond donors (Lipinski definition) is 1. The van der Waals surface area contributed by atoms with Crippen molar-refractivity contribution in [2.75, 3.05) is 18.2 Å². The summed E-state index contributed by atoms with van der Waals surface area (Å²) in [5.41, 5.74) is 2.88. The van der Waals surface area contributed by atoms with Crippen molar-refractivity contribution < 1.29 is 18.7 Å². The van der Waals surface area contributed by atoms with Crippen LogP contribution in [0, 0.1) is 19.7 Å². The molecule has 1 heterocycles. The predicted molar refractivity (Wildman–Crippen MR) is 155 cm³/mol. The second-order valence-electron chi connectivity index (χ2n) is 9.01. The van der Waals surface area contributed by atoms with Gasteiger partial charge < -0.3 is 15.0 Å². The zero-order valence-electron chi connectivity index (χ0n) is 22.2. The van der Waals surface area contributed by atoms with E-state index in [0.717, 1.165) is 23.1 Å². The summed E-state index contributed by atoms with van der Waals surface area (Å²) in [5, 5.41) is 3.81. The Morgan fingerprint density at radius 1 is 1.00 bits per heavy atom. The summed E-state index contributed by atoms with van der Waals surface area (Å²) < 4.78 is 20.0. The molecule has 40 heavy (non-hydrogen) atoms. The van der Waals surface area contributed by atoms with Gasteiger partial charge in [0.2, 0.25) is 5.91 Å². The Kier molecular flexibility index (Phi) is 9.74. The zero-order valence-corrected chi connectivity index (χ0v) is 23.8. The monoisotopic (exact) mass is 578 g/mol. The summed E-state index contributed by atoms with van der Waals surface area (Å²) in [6.07, 6.45) is 0. The highest BCUT2D eigenvalue weighted by atomic mass is 35.5. The van der Waals surface area contributed by atoms with Gasteiger partial charge in [-0.1, -0.05) is 53.7 Å². The van der Waals surface area contributed by atoms with Gasteiger partial charge in [0.25, 0.3) is 5.91 Å². The van der Waals surface area contributed by atoms with E-state index in [1.165, 1.54) is 11.0 Å². The summed E-state index contributed by atoms with van der Waals surface area (Å²) in [7, 11) is 1.55. The molecule has 3 aromatic carbocycles. The van der Waals surface area contributed by atoms with E-state index in [0.29, 0.717) is 27.2 Å². The van der Waals surface area contributed by atoms with Gasteiger partial charge in [0.05, 0.1) is 12.9 Å². The molecule has 0 bridgehead atoms. The van der Waals surface area contributed by atoms with Crippen molar-refractivity contribution in [2.45, 2.75) is 31.6 Å². The van der Waals surface area contributed by atoms with Crippen molar-refractivity contribution in [3.05, 3.63) is 112 Å². The number of hydrogen-bond acceptors (Lipinski definition) is 6. The summed E-state index contributed by atoms with van der Waals surface area (Å²) in [6.45, 7) is 3.57. The molecule has 0 aliphatic carbocycles. The normalized spacial score (nSPS) is 11.5. The van der Waals surface area contributed by atoms with Crippen molar-refractivity contribution in [2.24, 2.45) is 0 Å². The van der Waals surface area contributed by atoms with E-state index in [2.05, 4.69) is 15.3 Å². The highest BCUT2D eigenvalue weighted by Gasteiger charge is 2.32. The SMILES string of the molecule is COc1ccc(NC(=O)[C@H](c2ccc(Cl)cc2)N(Cc2ccccc2F)C(=O)CSc2nc(C)cc(C)n2)cc1. The highest BCUT2D eigenvalue weighted by molar-refractivity contribution is 7.99. The van der Waals surface area contributed by atoms with Gasteiger partial charge >= 0.3 is 0 Å². The fourth-order valence-electron chi connectivity index (χ4n) is 4.10. The van der Waals surface area contributed by atoms with Crippen molar-refractivity contribution in [3.63, 3.8) is 0 Å². The minimum atomic E-state index is -1.09. The highest BCUT2D eigenvalue weighted by Crippen LogP contribution is 2.29. The van der Waals surface area contributed by atoms with Crippen LogP contribution in [0.3, 0.4) is 0 Å². The molecular weight excluding hydrogens is 551 g/mol. The summed E-state index contributed by atoms with van der Waals surface area (Å²) in [6, 6.07) is 20.4. The largest absolute Gasteiger partial charge is 0.497 e. The van der Waals surface area contributed by atoms with Crippen LogP contribution in [-0.2, 0) is 16.1 Å². The van der Waals surface area contributed by atoms with Crippen LogP contribution in [0.15, 0.2) is 84.0 Å². The Balaban J connectivity index is 1.70. The number of nitrogens with zero attached hydrogens (tertiary/aromatic N) is 3. The van der Waals surface area contributed by atoms with Gasteiger partial charge in [-0.2, -0.15) is 0 Å². The molecular formula is C30H28ClFN4O3S. The van der Waals surface area contributed by atoms with Gasteiger partial charge in [0, 0.05) is 34.2 Å². The van der Waals surface area contributed by atoms with Crippen LogP contribution in [0.25, 0.3) is 0 Å². The first-order valence-corrected chi connectivity index (χ1v) is 13.8. The maximum absolute atomic E-state index is 14.8. The number of carbonyl (C=O) groups excluding carboxylic acids is 2. The Hall–Kier alpha value is -3.95. The predicted octanol–water partition coefficient (Wildman–Crippen LogP) is 6.40. The first-order valence-electron chi connectivity index (χ1n) is 12.4. The molecule has 0 radical (unpaired) electrons. The first-order chi connectivity index (χ1) is 19.2. The molecule has 0 aliphatic rings. The number of ether oxygens (including phenoxy) is 1. The van der Waals surface area contributed by atoms with E-state index in [4.69, 9.17) is 16.3 Å². The average molecular weight is 579 g/mol. The van der Waals surface area contributed by atoms with Crippen LogP contribution < -0.4 is 10.1 Å². The number of thioether (sulfide) groups is 1. The lowest BCUT2D eigenvalue weighted by Gasteiger charge is -2.31. The van der Waals surface area contributed by atoms with Crippen LogP contribution in [0.1, 0.15) is 28.6 Å². The van der Waals surface area contributed by atoms with Gasteiger partial charge in [0.15, 0.2) is 5.16 Å². The molecule has 7 nitrogen and oxygen atoms in total. The average Bonchev–Trinajstić information content (AvgIpc) is 2.93. The quantitative estimate of drug-likeness (QED) is 0.173. The Bertz CT molecular complexity index is 1470. The fourth-order valence-corrected chi connectivity index (χ4v) is 5.07. The Morgan fingerprint density at radius 2 is 1.65 bits per heavy atom. The standard InChI is InChI=1S/C30H28ClFN4O3S/c1-19-16-20(2)34-30(33-19)40-18-27(37)36(17-22-6-4-5-7-26(22)32)28(21-8-10-23(31)11-9-21)29(38)35-24-12-14-25(39-3)15-13-24/h4-16,28H,17-18H2,1-3H3,(H,35,38)/t28-/m0/s1. The van der Waals surface area contributed by atoms with Crippen LogP contribution >= 0.6 is 23.4 Å². The maximum atomic E-state index is 14.8. The molecule has 1 N–H and O–H groups in total. The molecule has 0 aliphatic heterocycles. The maximum Gasteiger partial charge on any atom is 0.251 e. The third-order valence-corrected chi connectivity index (χ3v) is 7.09. The number of rotatable bonds is 10. The third-order valence-electron chi connectivity index (χ3n) is 6.01. The molecule has 10 heteroatoms. The van der Waals surface area contributed by atoms with E-state index in [9.17, 15) is 14.0 Å². The minimum absolute atomic E-state index is 0.0583. The first kappa shape index (κ1) is 29.0. The lowest BCUT2D eigenvalue weighted by molar-refractivity contribution is -0.137. The zero-order chi connectivity index (χ0) is 28.6.